The predicted molar refractivity (Wildman–Crippen MR) is 68.9 cm³/mol. The van der Waals surface area contributed by atoms with E-state index in [0.717, 1.165) is 0 Å². The highest BCUT2D eigenvalue weighted by molar-refractivity contribution is 9.09. The number of rotatable bonds is 5. The minimum atomic E-state index is -0.470. The van der Waals surface area contributed by atoms with Crippen molar-refractivity contribution in [2.45, 2.75) is 0 Å². The van der Waals surface area contributed by atoms with Crippen LogP contribution in [0.4, 0.5) is 5.69 Å². The number of carbonyl (C=O) groups is 1. The normalized spacial score (nSPS) is 10.4. The standard InChI is InChI=1S/C11H11BrN2O3/c12-6-7-13-11(15)5-4-9-2-1-3-10(8-9)14(16)17/h1-5,8H,6-7H2,(H,13,15). The van der Waals surface area contributed by atoms with Gasteiger partial charge in [-0.05, 0) is 11.6 Å². The smallest absolute Gasteiger partial charge is 0.270 e. The molecule has 17 heavy (non-hydrogen) atoms. The van der Waals surface area contributed by atoms with Crippen LogP contribution in [-0.4, -0.2) is 22.7 Å². The van der Waals surface area contributed by atoms with Crippen LogP contribution >= 0.6 is 15.9 Å². The van der Waals surface area contributed by atoms with Gasteiger partial charge in [0.25, 0.3) is 5.69 Å². The highest BCUT2D eigenvalue weighted by atomic mass is 79.9. The number of carbonyl (C=O) groups excluding carboxylic acids is 1. The van der Waals surface area contributed by atoms with Crippen molar-refractivity contribution < 1.29 is 9.72 Å². The summed E-state index contributed by atoms with van der Waals surface area (Å²) >= 11 is 3.19. The van der Waals surface area contributed by atoms with Crippen LogP contribution in [0.1, 0.15) is 5.56 Å². The lowest BCUT2D eigenvalue weighted by Gasteiger charge is -1.97. The summed E-state index contributed by atoms with van der Waals surface area (Å²) in [6.45, 7) is 0.540. The van der Waals surface area contributed by atoms with E-state index in [9.17, 15) is 14.9 Å². The van der Waals surface area contributed by atoms with Crippen LogP contribution in [0.25, 0.3) is 6.08 Å². The number of nitro benzene ring substituents is 1. The molecule has 0 unspecified atom stereocenters. The van der Waals surface area contributed by atoms with Gasteiger partial charge in [-0.25, -0.2) is 0 Å². The number of alkyl halides is 1. The molecule has 0 fully saturated rings. The summed E-state index contributed by atoms with van der Waals surface area (Å²) in [5.74, 6) is -0.226. The number of non-ortho nitro benzene ring substituents is 1. The summed E-state index contributed by atoms with van der Waals surface area (Å²) in [5.41, 5.74) is 0.626. The second-order valence-corrected chi connectivity index (χ2v) is 3.96. The fourth-order valence-corrected chi connectivity index (χ4v) is 1.34. The fourth-order valence-electron chi connectivity index (χ4n) is 1.14. The molecule has 0 aromatic heterocycles. The number of nitro groups is 1. The first-order valence-electron chi connectivity index (χ1n) is 4.90. The van der Waals surface area contributed by atoms with E-state index in [1.54, 1.807) is 12.1 Å². The molecule has 1 rings (SSSR count). The lowest BCUT2D eigenvalue weighted by molar-refractivity contribution is -0.384. The van der Waals surface area contributed by atoms with Crippen molar-refractivity contribution in [2.75, 3.05) is 11.9 Å². The monoisotopic (exact) mass is 298 g/mol. The topological polar surface area (TPSA) is 72.2 Å². The first kappa shape index (κ1) is 13.4. The van der Waals surface area contributed by atoms with Crippen molar-refractivity contribution in [2.24, 2.45) is 0 Å². The van der Waals surface area contributed by atoms with Gasteiger partial charge in [-0.1, -0.05) is 28.1 Å². The number of hydrogen-bond donors (Lipinski definition) is 1. The van der Waals surface area contributed by atoms with Crippen LogP contribution in [0.5, 0.6) is 0 Å². The molecule has 0 saturated carbocycles. The first-order chi connectivity index (χ1) is 8.13. The highest BCUT2D eigenvalue weighted by Crippen LogP contribution is 2.13. The Balaban J connectivity index is 2.68. The number of benzene rings is 1. The van der Waals surface area contributed by atoms with Crippen LogP contribution in [-0.2, 0) is 4.79 Å². The van der Waals surface area contributed by atoms with Crippen LogP contribution in [0.2, 0.25) is 0 Å². The molecule has 0 saturated heterocycles. The van der Waals surface area contributed by atoms with E-state index in [-0.39, 0.29) is 11.6 Å². The molecule has 0 atom stereocenters. The molecule has 1 amide bonds. The molecular formula is C11H11BrN2O3. The zero-order chi connectivity index (χ0) is 12.7. The number of nitrogens with zero attached hydrogens (tertiary/aromatic N) is 1. The Morgan fingerprint density at radius 3 is 2.94 bits per heavy atom. The molecule has 0 aliphatic heterocycles. The maximum absolute atomic E-state index is 11.2. The Labute approximate surface area is 107 Å². The largest absolute Gasteiger partial charge is 0.352 e. The second kappa shape index (κ2) is 6.80. The lowest BCUT2D eigenvalue weighted by atomic mass is 10.2. The van der Waals surface area contributed by atoms with Gasteiger partial charge in [0.1, 0.15) is 0 Å². The van der Waals surface area contributed by atoms with Crippen molar-refractivity contribution >= 4 is 33.6 Å². The molecule has 1 aromatic carbocycles. The van der Waals surface area contributed by atoms with Crippen LogP contribution in [0.3, 0.4) is 0 Å². The molecule has 0 spiro atoms. The molecule has 1 N–H and O–H groups in total. The van der Waals surface area contributed by atoms with Crippen molar-refractivity contribution in [3.8, 4) is 0 Å². The molecule has 0 radical (unpaired) electrons. The average Bonchev–Trinajstić information content (AvgIpc) is 2.34. The Kier molecular flexibility index (Phi) is 5.35. The molecule has 0 aliphatic carbocycles. The molecule has 0 heterocycles. The van der Waals surface area contributed by atoms with Gasteiger partial charge in [0.15, 0.2) is 0 Å². The van der Waals surface area contributed by atoms with Crippen molar-refractivity contribution in [3.63, 3.8) is 0 Å². The summed E-state index contributed by atoms with van der Waals surface area (Å²) < 4.78 is 0. The molecule has 0 bridgehead atoms. The van der Waals surface area contributed by atoms with Gasteiger partial charge in [0.05, 0.1) is 4.92 Å². The Hall–Kier alpha value is -1.69. The molecule has 1 aromatic rings. The van der Waals surface area contributed by atoms with Gasteiger partial charge in [-0.2, -0.15) is 0 Å². The molecule has 0 aliphatic rings. The average molecular weight is 299 g/mol. The van der Waals surface area contributed by atoms with E-state index in [1.165, 1.54) is 24.3 Å². The Morgan fingerprint density at radius 1 is 1.53 bits per heavy atom. The van der Waals surface area contributed by atoms with Gasteiger partial charge >= 0.3 is 0 Å². The minimum absolute atomic E-state index is 0.00742. The second-order valence-electron chi connectivity index (χ2n) is 3.17. The van der Waals surface area contributed by atoms with Gasteiger partial charge < -0.3 is 5.32 Å². The van der Waals surface area contributed by atoms with E-state index in [1.807, 2.05) is 0 Å². The molecule has 5 nitrogen and oxygen atoms in total. The van der Waals surface area contributed by atoms with Crippen molar-refractivity contribution in [1.29, 1.82) is 0 Å². The lowest BCUT2D eigenvalue weighted by Crippen LogP contribution is -2.22. The third-order valence-electron chi connectivity index (χ3n) is 1.90. The van der Waals surface area contributed by atoms with E-state index < -0.39 is 4.92 Å². The van der Waals surface area contributed by atoms with Crippen molar-refractivity contribution in [3.05, 3.63) is 46.0 Å². The number of amides is 1. The van der Waals surface area contributed by atoms with E-state index in [4.69, 9.17) is 0 Å². The Bertz CT molecular complexity index is 446. The van der Waals surface area contributed by atoms with Crippen molar-refractivity contribution in [1.82, 2.24) is 5.32 Å². The summed E-state index contributed by atoms with van der Waals surface area (Å²) in [7, 11) is 0. The number of hydrogen-bond acceptors (Lipinski definition) is 3. The van der Waals surface area contributed by atoms with E-state index in [0.29, 0.717) is 17.4 Å². The third-order valence-corrected chi connectivity index (χ3v) is 2.30. The van der Waals surface area contributed by atoms with E-state index >= 15 is 0 Å². The predicted octanol–water partition coefficient (Wildman–Crippen LogP) is 2.12. The molecule has 90 valence electrons. The summed E-state index contributed by atoms with van der Waals surface area (Å²) in [6.07, 6.45) is 2.89. The first-order valence-corrected chi connectivity index (χ1v) is 6.02. The maximum Gasteiger partial charge on any atom is 0.270 e. The zero-order valence-electron chi connectivity index (χ0n) is 8.93. The van der Waals surface area contributed by atoms with Gasteiger partial charge in [0.2, 0.25) is 5.91 Å². The maximum atomic E-state index is 11.2. The molecule has 6 heteroatoms. The number of nitrogens with one attached hydrogen (secondary N) is 1. The summed E-state index contributed by atoms with van der Waals surface area (Å²) in [5, 5.41) is 13.8. The third kappa shape index (κ3) is 4.78. The van der Waals surface area contributed by atoms with Gasteiger partial charge in [0, 0.05) is 30.1 Å². The van der Waals surface area contributed by atoms with Gasteiger partial charge in [-0.3, -0.25) is 14.9 Å². The van der Waals surface area contributed by atoms with E-state index in [2.05, 4.69) is 21.2 Å². The Morgan fingerprint density at radius 2 is 2.29 bits per heavy atom. The minimum Gasteiger partial charge on any atom is -0.352 e. The van der Waals surface area contributed by atoms with Crippen LogP contribution in [0.15, 0.2) is 30.3 Å². The fraction of sp³-hybridized carbons (Fsp3) is 0.182. The SMILES string of the molecule is O=C(C=Cc1cccc([N+](=O)[O-])c1)NCCBr. The highest BCUT2D eigenvalue weighted by Gasteiger charge is 2.03. The quantitative estimate of drug-likeness (QED) is 0.392. The number of halogens is 1. The van der Waals surface area contributed by atoms with Crippen LogP contribution < -0.4 is 5.32 Å². The zero-order valence-corrected chi connectivity index (χ0v) is 10.5. The van der Waals surface area contributed by atoms with Gasteiger partial charge in [-0.15, -0.1) is 0 Å². The van der Waals surface area contributed by atoms with Crippen LogP contribution in [0, 0.1) is 10.1 Å². The summed E-state index contributed by atoms with van der Waals surface area (Å²) in [6, 6.07) is 6.09. The summed E-state index contributed by atoms with van der Waals surface area (Å²) in [4.78, 5) is 21.3. The molecular weight excluding hydrogens is 288 g/mol.